The summed E-state index contributed by atoms with van der Waals surface area (Å²) in [5.74, 6) is 0.821. The summed E-state index contributed by atoms with van der Waals surface area (Å²) in [6.45, 7) is 0.285. The molecule has 0 spiro atoms. The number of ketones is 2. The normalized spacial score (nSPS) is 11.4. The lowest BCUT2D eigenvalue weighted by atomic mass is 10.0. The van der Waals surface area contributed by atoms with Crippen molar-refractivity contribution in [3.05, 3.63) is 89.5 Å². The molecule has 30 heavy (non-hydrogen) atoms. The van der Waals surface area contributed by atoms with Crippen molar-refractivity contribution in [1.82, 2.24) is 0 Å². The van der Waals surface area contributed by atoms with E-state index in [4.69, 9.17) is 14.2 Å². The molecule has 3 aromatic rings. The van der Waals surface area contributed by atoms with Crippen molar-refractivity contribution in [2.45, 2.75) is 11.4 Å². The number of hydrogen-bond donors (Lipinski definition) is 0. The van der Waals surface area contributed by atoms with E-state index < -0.39 is 4.83 Å². The van der Waals surface area contributed by atoms with Gasteiger partial charge >= 0.3 is 0 Å². The maximum atomic E-state index is 13.1. The Morgan fingerprint density at radius 1 is 0.833 bits per heavy atom. The van der Waals surface area contributed by atoms with Gasteiger partial charge in [0.25, 0.3) is 0 Å². The van der Waals surface area contributed by atoms with Gasteiger partial charge in [0.1, 0.15) is 28.7 Å². The lowest BCUT2D eigenvalue weighted by molar-refractivity contribution is 0.0904. The Morgan fingerprint density at radius 2 is 1.47 bits per heavy atom. The molecule has 0 saturated carbocycles. The largest absolute Gasteiger partial charge is 0.497 e. The van der Waals surface area contributed by atoms with Gasteiger partial charge in [0.15, 0.2) is 11.6 Å². The Kier molecular flexibility index (Phi) is 7.25. The van der Waals surface area contributed by atoms with Gasteiger partial charge in [-0.05, 0) is 42.0 Å². The summed E-state index contributed by atoms with van der Waals surface area (Å²) in [6.07, 6.45) is 0. The Balaban J connectivity index is 1.83. The number of halogens is 1. The van der Waals surface area contributed by atoms with E-state index in [1.54, 1.807) is 49.6 Å². The van der Waals surface area contributed by atoms with Crippen molar-refractivity contribution in [2.24, 2.45) is 0 Å². The minimum Gasteiger partial charge on any atom is -0.497 e. The van der Waals surface area contributed by atoms with Crippen LogP contribution in [0.2, 0.25) is 0 Å². The predicted octanol–water partition coefficient (Wildman–Crippen LogP) is 5.11. The number of Topliss-reactive ketones (excluding diaryl/α,β-unsaturated/α-hetero) is 2. The molecule has 5 nitrogen and oxygen atoms in total. The maximum Gasteiger partial charge on any atom is 0.188 e. The van der Waals surface area contributed by atoms with E-state index >= 15 is 0 Å². The molecule has 1 atom stereocenters. The van der Waals surface area contributed by atoms with E-state index in [-0.39, 0.29) is 18.2 Å². The zero-order valence-electron chi connectivity index (χ0n) is 16.6. The predicted molar refractivity (Wildman–Crippen MR) is 118 cm³/mol. The highest BCUT2D eigenvalue weighted by atomic mass is 79.9. The van der Waals surface area contributed by atoms with Crippen LogP contribution >= 0.6 is 15.9 Å². The monoisotopic (exact) mass is 468 g/mol. The van der Waals surface area contributed by atoms with Gasteiger partial charge in [-0.25, -0.2) is 0 Å². The van der Waals surface area contributed by atoms with Crippen LogP contribution in [0.15, 0.2) is 72.8 Å². The molecule has 154 valence electrons. The van der Waals surface area contributed by atoms with Gasteiger partial charge < -0.3 is 14.2 Å². The molecule has 0 radical (unpaired) electrons. The molecule has 0 fully saturated rings. The first-order chi connectivity index (χ1) is 14.5. The quantitative estimate of drug-likeness (QED) is 0.248. The first-order valence-electron chi connectivity index (χ1n) is 9.24. The molecule has 0 aliphatic heterocycles. The Hall–Kier alpha value is -3.12. The molecular weight excluding hydrogens is 448 g/mol. The zero-order valence-corrected chi connectivity index (χ0v) is 18.2. The molecule has 6 heteroatoms. The summed E-state index contributed by atoms with van der Waals surface area (Å²) in [7, 11) is 3.09. The Bertz CT molecular complexity index is 1020. The van der Waals surface area contributed by atoms with Crippen LogP contribution in [-0.4, -0.2) is 30.6 Å². The molecular formula is C24H21BrO5. The second-order valence-corrected chi connectivity index (χ2v) is 7.37. The average molecular weight is 469 g/mol. The molecule has 3 rings (SSSR count). The van der Waals surface area contributed by atoms with Crippen molar-refractivity contribution in [3.63, 3.8) is 0 Å². The lowest BCUT2D eigenvalue weighted by Crippen LogP contribution is -2.25. The molecule has 0 heterocycles. The van der Waals surface area contributed by atoms with Crippen molar-refractivity contribution in [1.29, 1.82) is 0 Å². The smallest absolute Gasteiger partial charge is 0.188 e. The van der Waals surface area contributed by atoms with E-state index in [0.717, 1.165) is 5.56 Å². The summed E-state index contributed by atoms with van der Waals surface area (Å²) < 4.78 is 16.3. The molecule has 0 bridgehead atoms. The molecule has 0 aromatic heterocycles. The number of carbonyl (C=O) groups excluding carboxylic acids is 2. The number of ether oxygens (including phenoxy) is 3. The molecule has 0 aliphatic carbocycles. The first-order valence-corrected chi connectivity index (χ1v) is 10.2. The molecule has 0 N–H and O–H groups in total. The van der Waals surface area contributed by atoms with Gasteiger partial charge in [-0.15, -0.1) is 0 Å². The van der Waals surface area contributed by atoms with E-state index in [0.29, 0.717) is 28.4 Å². The molecule has 0 amide bonds. The summed E-state index contributed by atoms with van der Waals surface area (Å²) in [4.78, 5) is 24.9. The second-order valence-electron chi connectivity index (χ2n) is 6.46. The van der Waals surface area contributed by atoms with E-state index in [2.05, 4.69) is 15.9 Å². The third-order valence-electron chi connectivity index (χ3n) is 4.53. The SMILES string of the molecule is COc1ccc(C(=O)C(Br)C(=O)c2ccc(OC)cc2OCc2ccccc2)cc1. The van der Waals surface area contributed by atoms with Crippen molar-refractivity contribution in [2.75, 3.05) is 14.2 Å². The van der Waals surface area contributed by atoms with E-state index in [1.165, 1.54) is 7.11 Å². The van der Waals surface area contributed by atoms with Gasteiger partial charge in [0.2, 0.25) is 0 Å². The van der Waals surface area contributed by atoms with Gasteiger partial charge in [0.05, 0.1) is 19.8 Å². The van der Waals surface area contributed by atoms with Gasteiger partial charge in [-0.3, -0.25) is 9.59 Å². The van der Waals surface area contributed by atoms with Crippen molar-refractivity contribution < 1.29 is 23.8 Å². The van der Waals surface area contributed by atoms with Crippen molar-refractivity contribution >= 4 is 27.5 Å². The number of benzene rings is 3. The van der Waals surface area contributed by atoms with Gasteiger partial charge in [-0.2, -0.15) is 0 Å². The highest BCUT2D eigenvalue weighted by Gasteiger charge is 2.28. The van der Waals surface area contributed by atoms with Crippen molar-refractivity contribution in [3.8, 4) is 17.2 Å². The second kappa shape index (κ2) is 10.1. The summed E-state index contributed by atoms with van der Waals surface area (Å²) in [6, 6.07) is 21.2. The van der Waals surface area contributed by atoms with Crippen LogP contribution in [0.25, 0.3) is 0 Å². The Labute approximate surface area is 183 Å². The molecule has 0 saturated heterocycles. The fourth-order valence-corrected chi connectivity index (χ4v) is 3.36. The third kappa shape index (κ3) is 5.07. The summed E-state index contributed by atoms with van der Waals surface area (Å²) >= 11 is 3.27. The van der Waals surface area contributed by atoms with Crippen LogP contribution in [0.5, 0.6) is 17.2 Å². The van der Waals surface area contributed by atoms with E-state index in [1.807, 2.05) is 30.3 Å². The van der Waals surface area contributed by atoms with Crippen LogP contribution < -0.4 is 14.2 Å². The molecule has 3 aromatic carbocycles. The van der Waals surface area contributed by atoms with Crippen LogP contribution in [0.4, 0.5) is 0 Å². The first kappa shape index (κ1) is 21.6. The number of alkyl halides is 1. The number of methoxy groups -OCH3 is 2. The van der Waals surface area contributed by atoms with Crippen LogP contribution in [0.1, 0.15) is 26.3 Å². The van der Waals surface area contributed by atoms with Gasteiger partial charge in [-0.1, -0.05) is 46.3 Å². The fraction of sp³-hybridized carbons (Fsp3) is 0.167. The Morgan fingerprint density at radius 3 is 2.10 bits per heavy atom. The highest BCUT2D eigenvalue weighted by Crippen LogP contribution is 2.29. The molecule has 1 unspecified atom stereocenters. The zero-order chi connectivity index (χ0) is 21.5. The number of carbonyl (C=O) groups is 2. The number of rotatable bonds is 9. The highest BCUT2D eigenvalue weighted by molar-refractivity contribution is 9.10. The van der Waals surface area contributed by atoms with E-state index in [9.17, 15) is 9.59 Å². The minimum atomic E-state index is -1.04. The molecule has 0 aliphatic rings. The van der Waals surface area contributed by atoms with Crippen LogP contribution in [-0.2, 0) is 6.61 Å². The summed E-state index contributed by atoms with van der Waals surface area (Å²) in [5, 5.41) is 0. The van der Waals surface area contributed by atoms with Crippen LogP contribution in [0, 0.1) is 0 Å². The summed E-state index contributed by atoms with van der Waals surface area (Å²) in [5.41, 5.74) is 1.67. The lowest BCUT2D eigenvalue weighted by Gasteiger charge is -2.15. The third-order valence-corrected chi connectivity index (χ3v) is 5.36. The fourth-order valence-electron chi connectivity index (χ4n) is 2.85. The maximum absolute atomic E-state index is 13.1. The minimum absolute atomic E-state index is 0.285. The number of hydrogen-bond acceptors (Lipinski definition) is 5. The standard InChI is InChI=1S/C24H21BrO5/c1-28-18-10-8-17(9-11-18)23(26)22(25)24(27)20-13-12-19(29-2)14-21(20)30-15-16-6-4-3-5-7-16/h3-14,22H,15H2,1-2H3. The average Bonchev–Trinajstić information content (AvgIpc) is 2.81. The van der Waals surface area contributed by atoms with Gasteiger partial charge in [0, 0.05) is 11.6 Å². The topological polar surface area (TPSA) is 61.8 Å². The van der Waals surface area contributed by atoms with Crippen LogP contribution in [0.3, 0.4) is 0 Å².